The van der Waals surface area contributed by atoms with Crippen molar-refractivity contribution in [2.24, 2.45) is 0 Å². The van der Waals surface area contributed by atoms with Crippen LogP contribution in [0, 0.1) is 5.21 Å². The number of alkyl halides is 7. The molecule has 0 aliphatic rings. The second-order valence-corrected chi connectivity index (χ2v) is 10.1. The van der Waals surface area contributed by atoms with Crippen LogP contribution >= 0.6 is 27.5 Å². The van der Waals surface area contributed by atoms with E-state index in [0.717, 1.165) is 12.4 Å². The van der Waals surface area contributed by atoms with Gasteiger partial charge in [-0.25, -0.2) is 4.39 Å². The maximum atomic E-state index is 15.0. The molecule has 0 aliphatic carbocycles. The molecule has 0 saturated carbocycles. The Balaban J connectivity index is 2.05. The topological polar surface area (TPSA) is 85.6 Å². The summed E-state index contributed by atoms with van der Waals surface area (Å²) in [4.78, 5) is 27.9. The monoisotopic (exact) mass is 681 g/mol. The highest BCUT2D eigenvalue weighted by atomic mass is 79.9. The molecule has 1 atom stereocenters. The Morgan fingerprint density at radius 2 is 1.69 bits per heavy atom. The molecule has 3 aromatic rings. The predicted molar refractivity (Wildman–Crippen MR) is 147 cm³/mol. The van der Waals surface area contributed by atoms with Crippen molar-refractivity contribution in [3.63, 3.8) is 0 Å². The van der Waals surface area contributed by atoms with Crippen molar-refractivity contribution in [3.8, 4) is 5.75 Å². The molecule has 42 heavy (non-hydrogen) atoms. The van der Waals surface area contributed by atoms with Crippen molar-refractivity contribution in [3.05, 3.63) is 86.8 Å². The molecule has 226 valence electrons. The molecule has 2 aromatic carbocycles. The third kappa shape index (κ3) is 6.14. The van der Waals surface area contributed by atoms with Crippen LogP contribution in [0.3, 0.4) is 0 Å². The predicted octanol–water partition coefficient (Wildman–Crippen LogP) is 7.13. The molecule has 0 fully saturated rings. The van der Waals surface area contributed by atoms with Gasteiger partial charge in [0, 0.05) is 28.7 Å². The van der Waals surface area contributed by atoms with E-state index in [4.69, 9.17) is 4.74 Å². The van der Waals surface area contributed by atoms with Gasteiger partial charge in [0.1, 0.15) is 0 Å². The number of halogens is 8. The highest BCUT2D eigenvalue weighted by Gasteiger charge is 2.72. The van der Waals surface area contributed by atoms with Gasteiger partial charge in [-0.3, -0.25) is 9.59 Å². The van der Waals surface area contributed by atoms with Crippen LogP contribution in [-0.4, -0.2) is 37.0 Å². The Kier molecular flexibility index (Phi) is 9.72. The third-order valence-electron chi connectivity index (χ3n) is 6.31. The van der Waals surface area contributed by atoms with Crippen LogP contribution in [0.1, 0.15) is 45.7 Å². The number of nitrogens with zero attached hydrogens (tertiary/aromatic N) is 2. The van der Waals surface area contributed by atoms with Gasteiger partial charge in [0.15, 0.2) is 18.1 Å². The van der Waals surface area contributed by atoms with E-state index >= 15 is 0 Å². The normalized spacial score (nSPS) is 13.3. The SMILES string of the molecule is CCc1cc(C(F)(C(F)(F)F)C(F)(F)Cl)cc(Br)c1NC(=O)c1cccc(N(CC)C(=O)c2cc[n+]([O-])cc2)c1OC. The summed E-state index contributed by atoms with van der Waals surface area (Å²) >= 11 is 7.55. The number of anilines is 2. The second-order valence-electron chi connectivity index (χ2n) is 8.81. The molecule has 2 amide bonds. The van der Waals surface area contributed by atoms with Crippen LogP contribution in [0.2, 0.25) is 0 Å². The standard InChI is InChI=1S/C27H23BrClF6N3O4/c1-4-15-13-17(25(30,26(29,31)32)27(33,34)35)14-19(28)21(15)36-23(39)18-7-6-8-20(22(18)42-3)38(5-2)24(40)16-9-11-37(41)12-10-16/h6-14H,4-5H2,1-3H3,(H,36,39). The van der Waals surface area contributed by atoms with Crippen molar-refractivity contribution in [1.29, 1.82) is 0 Å². The van der Waals surface area contributed by atoms with E-state index in [0.29, 0.717) is 16.9 Å². The number of amides is 2. The summed E-state index contributed by atoms with van der Waals surface area (Å²) in [6.07, 6.45) is -3.88. The number of rotatable bonds is 9. The zero-order chi connectivity index (χ0) is 31.6. The quantitative estimate of drug-likeness (QED) is 0.113. The van der Waals surface area contributed by atoms with E-state index < -0.39 is 34.6 Å². The van der Waals surface area contributed by atoms with Crippen molar-refractivity contribution < 1.29 is 45.4 Å². The van der Waals surface area contributed by atoms with E-state index in [9.17, 15) is 41.1 Å². The average Bonchev–Trinajstić information content (AvgIpc) is 2.92. The number of aryl methyl sites for hydroxylation is 1. The van der Waals surface area contributed by atoms with Crippen LogP contribution in [0.15, 0.2) is 59.3 Å². The zero-order valence-corrected chi connectivity index (χ0v) is 24.5. The van der Waals surface area contributed by atoms with Gasteiger partial charge < -0.3 is 20.2 Å². The molecule has 0 bridgehead atoms. The first-order chi connectivity index (χ1) is 19.5. The third-order valence-corrected chi connectivity index (χ3v) is 7.20. The van der Waals surface area contributed by atoms with Gasteiger partial charge in [-0.05, 0) is 70.7 Å². The maximum absolute atomic E-state index is 15.0. The van der Waals surface area contributed by atoms with Gasteiger partial charge in [-0.2, -0.15) is 26.7 Å². The van der Waals surface area contributed by atoms with E-state index in [1.807, 2.05) is 0 Å². The fourth-order valence-electron chi connectivity index (χ4n) is 4.22. The number of para-hydroxylation sites is 1. The molecular weight excluding hydrogens is 660 g/mol. The van der Waals surface area contributed by atoms with Gasteiger partial charge in [-0.1, -0.05) is 13.0 Å². The average molecular weight is 683 g/mol. The number of pyridine rings is 1. The molecule has 1 heterocycles. The highest BCUT2D eigenvalue weighted by Crippen LogP contribution is 2.55. The summed E-state index contributed by atoms with van der Waals surface area (Å²) in [5.74, 6) is -1.37. The van der Waals surface area contributed by atoms with Crippen LogP contribution in [0.5, 0.6) is 5.75 Å². The van der Waals surface area contributed by atoms with E-state index in [2.05, 4.69) is 32.8 Å². The summed E-state index contributed by atoms with van der Waals surface area (Å²) < 4.78 is 88.7. The molecule has 15 heteroatoms. The number of methoxy groups -OCH3 is 1. The second kappa shape index (κ2) is 12.4. The summed E-state index contributed by atoms with van der Waals surface area (Å²) in [5, 5.41) is 8.52. The van der Waals surface area contributed by atoms with E-state index in [1.54, 1.807) is 6.92 Å². The molecule has 0 saturated heterocycles. The Bertz CT molecular complexity index is 1470. The highest BCUT2D eigenvalue weighted by molar-refractivity contribution is 9.10. The minimum absolute atomic E-state index is 0.0348. The van der Waals surface area contributed by atoms with Gasteiger partial charge in [0.05, 0.1) is 29.6 Å². The number of nitrogens with one attached hydrogen (secondary N) is 1. The summed E-state index contributed by atoms with van der Waals surface area (Å²) in [6, 6.07) is 7.99. The van der Waals surface area contributed by atoms with E-state index in [-0.39, 0.29) is 51.3 Å². The largest absolute Gasteiger partial charge is 0.619 e. The lowest BCUT2D eigenvalue weighted by atomic mass is 9.92. The van der Waals surface area contributed by atoms with Crippen molar-refractivity contribution in [1.82, 2.24) is 0 Å². The molecule has 7 nitrogen and oxygen atoms in total. The zero-order valence-electron chi connectivity index (χ0n) is 22.2. The molecule has 0 aliphatic heterocycles. The number of aromatic nitrogens is 1. The lowest BCUT2D eigenvalue weighted by Gasteiger charge is -2.32. The number of hydrogen-bond donors (Lipinski definition) is 1. The molecule has 1 unspecified atom stereocenters. The molecule has 0 radical (unpaired) electrons. The Hall–Kier alpha value is -3.52. The fraction of sp³-hybridized carbons (Fsp3) is 0.296. The lowest BCUT2D eigenvalue weighted by molar-refractivity contribution is -0.605. The van der Waals surface area contributed by atoms with Gasteiger partial charge >= 0.3 is 17.2 Å². The minimum Gasteiger partial charge on any atom is -0.619 e. The van der Waals surface area contributed by atoms with Gasteiger partial charge in [0.25, 0.3) is 11.8 Å². The van der Waals surface area contributed by atoms with Crippen molar-refractivity contribution in [2.75, 3.05) is 23.9 Å². The minimum atomic E-state index is -6.07. The molecular formula is C27H23BrClF6N3O4. The number of hydrogen-bond acceptors (Lipinski definition) is 4. The molecule has 1 N–H and O–H groups in total. The van der Waals surface area contributed by atoms with E-state index in [1.165, 1.54) is 49.3 Å². The first kappa shape index (κ1) is 33.0. The molecule has 1 aromatic heterocycles. The lowest BCUT2D eigenvalue weighted by Crippen LogP contribution is -2.49. The van der Waals surface area contributed by atoms with Crippen LogP contribution in [0.4, 0.5) is 37.7 Å². The van der Waals surface area contributed by atoms with Crippen molar-refractivity contribution in [2.45, 2.75) is 37.5 Å². The Labute approximate surface area is 249 Å². The maximum Gasteiger partial charge on any atom is 0.434 e. The summed E-state index contributed by atoms with van der Waals surface area (Å²) in [7, 11) is 1.25. The first-order valence-electron chi connectivity index (χ1n) is 12.2. The van der Waals surface area contributed by atoms with Gasteiger partial charge in [0.2, 0.25) is 0 Å². The first-order valence-corrected chi connectivity index (χ1v) is 13.3. The number of carbonyl (C=O) groups is 2. The smallest absolute Gasteiger partial charge is 0.434 e. The van der Waals surface area contributed by atoms with Crippen LogP contribution in [0.25, 0.3) is 0 Å². The molecule has 3 rings (SSSR count). The van der Waals surface area contributed by atoms with Gasteiger partial charge in [-0.15, -0.1) is 0 Å². The Morgan fingerprint density at radius 3 is 2.19 bits per heavy atom. The number of ether oxygens (including phenoxy) is 1. The Morgan fingerprint density at radius 1 is 1.07 bits per heavy atom. The summed E-state index contributed by atoms with van der Waals surface area (Å²) in [6.45, 7) is 3.26. The number of benzene rings is 2. The fourth-order valence-corrected chi connectivity index (χ4v) is 5.03. The summed E-state index contributed by atoms with van der Waals surface area (Å²) in [5.41, 5.74) is -6.62. The van der Waals surface area contributed by atoms with Crippen LogP contribution < -0.4 is 19.7 Å². The molecule has 0 spiro atoms. The van der Waals surface area contributed by atoms with Crippen molar-refractivity contribution >= 4 is 50.7 Å². The van der Waals surface area contributed by atoms with Crippen LogP contribution in [-0.2, 0) is 12.1 Å². The number of carbonyl (C=O) groups excluding carboxylic acids is 2.